The molecule has 2 heterocycles. The van der Waals surface area contributed by atoms with Gasteiger partial charge in [0.15, 0.2) is 0 Å². The van der Waals surface area contributed by atoms with Crippen LogP contribution < -0.4 is 10.0 Å². The zero-order valence-electron chi connectivity index (χ0n) is 20.6. The van der Waals surface area contributed by atoms with E-state index in [1.807, 2.05) is 14.1 Å². The fraction of sp³-hybridized carbons (Fsp3) is 0.360. The molecular formula is C25H29N3O7. The number of nitrogens with one attached hydrogen (secondary N) is 2. The van der Waals surface area contributed by atoms with E-state index in [2.05, 4.69) is 4.98 Å². The van der Waals surface area contributed by atoms with Crippen molar-refractivity contribution in [2.75, 3.05) is 41.4 Å². The van der Waals surface area contributed by atoms with Crippen LogP contribution in [-0.2, 0) is 19.1 Å². The van der Waals surface area contributed by atoms with Crippen molar-refractivity contribution in [3.8, 4) is 0 Å². The number of carbonyl (C=O) groups is 4. The van der Waals surface area contributed by atoms with E-state index in [4.69, 9.17) is 9.47 Å². The van der Waals surface area contributed by atoms with E-state index in [1.165, 1.54) is 31.3 Å². The zero-order chi connectivity index (χ0) is 26.0. The minimum Gasteiger partial charge on any atom is -0.872 e. The summed E-state index contributed by atoms with van der Waals surface area (Å²) in [6.45, 7) is 3.98. The number of ether oxygens (including phenoxy) is 2. The molecule has 35 heavy (non-hydrogen) atoms. The monoisotopic (exact) mass is 483 g/mol. The molecule has 0 aliphatic carbocycles. The Bertz CT molecular complexity index is 1210. The van der Waals surface area contributed by atoms with Crippen LogP contribution in [0.3, 0.4) is 0 Å². The van der Waals surface area contributed by atoms with Crippen molar-refractivity contribution in [2.45, 2.75) is 19.9 Å². The molecule has 0 spiro atoms. The van der Waals surface area contributed by atoms with E-state index in [9.17, 15) is 24.3 Å². The quantitative estimate of drug-likeness (QED) is 0.236. The lowest BCUT2D eigenvalue weighted by atomic mass is 9.93. The van der Waals surface area contributed by atoms with Gasteiger partial charge in [-0.25, -0.2) is 9.59 Å². The fourth-order valence-electron chi connectivity index (χ4n) is 4.24. The van der Waals surface area contributed by atoms with Gasteiger partial charge in [0, 0.05) is 11.3 Å². The largest absolute Gasteiger partial charge is 0.872 e. The van der Waals surface area contributed by atoms with E-state index in [-0.39, 0.29) is 23.4 Å². The Morgan fingerprint density at radius 2 is 1.66 bits per heavy atom. The van der Waals surface area contributed by atoms with Crippen LogP contribution in [0.25, 0.3) is 5.76 Å². The van der Waals surface area contributed by atoms with Gasteiger partial charge in [0.2, 0.25) is 5.78 Å². The maximum Gasteiger partial charge on any atom is 0.354 e. The summed E-state index contributed by atoms with van der Waals surface area (Å²) in [4.78, 5) is 55.5. The lowest BCUT2D eigenvalue weighted by Crippen LogP contribution is -3.06. The summed E-state index contributed by atoms with van der Waals surface area (Å²) in [5.74, 6) is -3.46. The third-order valence-electron chi connectivity index (χ3n) is 6.08. The molecule has 1 aromatic carbocycles. The predicted octanol–water partition coefficient (Wildman–Crippen LogP) is -0.427. The Kier molecular flexibility index (Phi) is 7.45. The summed E-state index contributed by atoms with van der Waals surface area (Å²) in [6, 6.07) is 5.30. The number of aryl methyl sites for hydroxylation is 1. The van der Waals surface area contributed by atoms with Crippen LogP contribution in [0.1, 0.15) is 49.3 Å². The first-order chi connectivity index (χ1) is 16.5. The molecule has 1 unspecified atom stereocenters. The van der Waals surface area contributed by atoms with Gasteiger partial charge in [-0.1, -0.05) is 17.9 Å². The average molecular weight is 484 g/mol. The number of nitrogens with zero attached hydrogens (tertiary/aromatic N) is 1. The Labute approximate surface area is 203 Å². The Morgan fingerprint density at radius 1 is 1.06 bits per heavy atom. The molecule has 3 rings (SSSR count). The third-order valence-corrected chi connectivity index (χ3v) is 6.08. The summed E-state index contributed by atoms with van der Waals surface area (Å²) in [6.07, 6.45) is 0. The minimum absolute atomic E-state index is 0.109. The van der Waals surface area contributed by atoms with Gasteiger partial charge in [0.25, 0.3) is 5.91 Å². The molecule has 10 heteroatoms. The highest BCUT2D eigenvalue weighted by Crippen LogP contribution is 2.39. The smallest absolute Gasteiger partial charge is 0.354 e. The molecule has 1 aliphatic heterocycles. The van der Waals surface area contributed by atoms with Gasteiger partial charge >= 0.3 is 11.9 Å². The second-order valence-electron chi connectivity index (χ2n) is 8.66. The molecule has 2 N–H and O–H groups in total. The number of esters is 2. The number of aromatic nitrogens is 1. The van der Waals surface area contributed by atoms with Gasteiger partial charge in [-0.15, -0.1) is 0 Å². The number of hydrogen-bond acceptors (Lipinski definition) is 7. The minimum atomic E-state index is -0.941. The lowest BCUT2D eigenvalue weighted by Gasteiger charge is -2.28. The van der Waals surface area contributed by atoms with E-state index in [0.717, 1.165) is 4.90 Å². The lowest BCUT2D eigenvalue weighted by molar-refractivity contribution is -0.857. The van der Waals surface area contributed by atoms with Gasteiger partial charge in [0.1, 0.15) is 5.69 Å². The Hall–Kier alpha value is -3.92. The summed E-state index contributed by atoms with van der Waals surface area (Å²) in [5, 5.41) is 13.8. The van der Waals surface area contributed by atoms with Crippen molar-refractivity contribution >= 4 is 29.4 Å². The standard InChI is InChI=1S/C25H29N3O7/c1-13-17(14(2)26-19(13)25(33)35-6)21(29)18-20(15-7-9-16(10-8-15)24(32)34-5)28(12-11-27(3)4)23(31)22(18)30/h7-10,20,26,29H,11-12H2,1-6H3. The number of carbonyl (C=O) groups excluding carboxylic acids is 4. The number of Topliss-reactive ketones (excluding diaryl/α,β-unsaturated/α-hetero) is 1. The van der Waals surface area contributed by atoms with Crippen LogP contribution in [-0.4, -0.2) is 74.9 Å². The van der Waals surface area contributed by atoms with Crippen molar-refractivity contribution < 1.29 is 38.7 Å². The van der Waals surface area contributed by atoms with Gasteiger partial charge in [-0.05, 0) is 42.7 Å². The van der Waals surface area contributed by atoms with Gasteiger partial charge in [-0.3, -0.25) is 9.59 Å². The molecule has 0 saturated carbocycles. The number of aromatic amines is 1. The third kappa shape index (κ3) is 4.69. The number of amides is 1. The first-order valence-electron chi connectivity index (χ1n) is 11.0. The van der Waals surface area contributed by atoms with Crippen molar-refractivity contribution in [1.82, 2.24) is 9.88 Å². The average Bonchev–Trinajstić information content (AvgIpc) is 3.28. The number of H-pyrrole nitrogens is 1. The highest BCUT2D eigenvalue weighted by molar-refractivity contribution is 6.46. The zero-order valence-corrected chi connectivity index (χ0v) is 20.6. The molecule has 10 nitrogen and oxygen atoms in total. The van der Waals surface area contributed by atoms with Crippen LogP contribution in [0.15, 0.2) is 29.8 Å². The predicted molar refractivity (Wildman–Crippen MR) is 123 cm³/mol. The van der Waals surface area contributed by atoms with E-state index >= 15 is 0 Å². The van der Waals surface area contributed by atoms with Crippen molar-refractivity contribution in [3.05, 3.63) is 63.5 Å². The SMILES string of the molecule is COC(=O)c1ccc(C2C(=C([O-])c3c(C)[nH]c(C(=O)OC)c3C)C(=O)C(=O)N2CC[NH+](C)C)cc1. The van der Waals surface area contributed by atoms with Crippen LogP contribution >= 0.6 is 0 Å². The first-order valence-corrected chi connectivity index (χ1v) is 11.0. The molecule has 1 saturated heterocycles. The number of hydrogen-bond donors (Lipinski definition) is 2. The molecular weight excluding hydrogens is 454 g/mol. The van der Waals surface area contributed by atoms with Crippen molar-refractivity contribution in [3.63, 3.8) is 0 Å². The maximum absolute atomic E-state index is 13.8. The molecule has 0 bridgehead atoms. The van der Waals surface area contributed by atoms with E-state index < -0.39 is 35.4 Å². The molecule has 2 aromatic rings. The molecule has 1 atom stereocenters. The van der Waals surface area contributed by atoms with Gasteiger partial charge in [-0.2, -0.15) is 0 Å². The van der Waals surface area contributed by atoms with Crippen LogP contribution in [0.5, 0.6) is 0 Å². The van der Waals surface area contributed by atoms with E-state index in [1.54, 1.807) is 26.0 Å². The second kappa shape index (κ2) is 10.1. The first kappa shape index (κ1) is 25.7. The number of ketones is 1. The summed E-state index contributed by atoms with van der Waals surface area (Å²) < 4.78 is 9.51. The number of likely N-dealkylation sites (tertiary alicyclic amines) is 1. The number of rotatable bonds is 7. The highest BCUT2D eigenvalue weighted by Gasteiger charge is 2.44. The number of benzene rings is 1. The number of quaternary nitrogens is 1. The molecule has 1 amide bonds. The van der Waals surface area contributed by atoms with Gasteiger partial charge in [0.05, 0.1) is 53.0 Å². The molecule has 186 valence electrons. The maximum atomic E-state index is 13.8. The van der Waals surface area contributed by atoms with E-state index in [0.29, 0.717) is 28.9 Å². The summed E-state index contributed by atoms with van der Waals surface area (Å²) >= 11 is 0. The van der Waals surface area contributed by atoms with Crippen molar-refractivity contribution in [2.24, 2.45) is 0 Å². The Balaban J connectivity index is 2.21. The number of methoxy groups -OCH3 is 2. The van der Waals surface area contributed by atoms with Crippen LogP contribution in [0, 0.1) is 13.8 Å². The second-order valence-corrected chi connectivity index (χ2v) is 8.66. The molecule has 1 aliphatic rings. The Morgan fingerprint density at radius 3 is 2.20 bits per heavy atom. The fourth-order valence-corrected chi connectivity index (χ4v) is 4.24. The normalized spacial score (nSPS) is 17.2. The summed E-state index contributed by atoms with van der Waals surface area (Å²) in [5.41, 5.74) is 1.59. The molecule has 1 fully saturated rings. The van der Waals surface area contributed by atoms with Crippen molar-refractivity contribution in [1.29, 1.82) is 0 Å². The molecule has 1 aromatic heterocycles. The number of likely N-dealkylation sites (N-methyl/N-ethyl adjacent to an activating group) is 1. The molecule has 0 radical (unpaired) electrons. The van der Waals surface area contributed by atoms with Crippen LogP contribution in [0.2, 0.25) is 0 Å². The highest BCUT2D eigenvalue weighted by atomic mass is 16.5. The summed E-state index contributed by atoms with van der Waals surface area (Å²) in [7, 11) is 6.33. The van der Waals surface area contributed by atoms with Crippen LogP contribution in [0.4, 0.5) is 0 Å². The van der Waals surface area contributed by atoms with Gasteiger partial charge < -0.3 is 29.4 Å². The topological polar surface area (TPSA) is 133 Å².